The van der Waals surface area contributed by atoms with E-state index in [-0.39, 0.29) is 10.8 Å². The van der Waals surface area contributed by atoms with E-state index in [2.05, 4.69) is 129 Å². The van der Waals surface area contributed by atoms with Crippen LogP contribution in [0.2, 0.25) is 0 Å². The summed E-state index contributed by atoms with van der Waals surface area (Å²) in [6, 6.07) is 39.1. The summed E-state index contributed by atoms with van der Waals surface area (Å²) in [5, 5.41) is 23.4. The molecule has 208 valence electrons. The Balaban J connectivity index is 1.66. The van der Waals surface area contributed by atoms with Gasteiger partial charge in [0.25, 0.3) is 0 Å². The molecule has 0 amide bonds. The van der Waals surface area contributed by atoms with E-state index in [9.17, 15) is 10.5 Å². The first-order valence-corrected chi connectivity index (χ1v) is 14.9. The number of hydrogen-bond donors (Lipinski definition) is 0. The molecule has 1 aromatic heterocycles. The third kappa shape index (κ3) is 3.93. The number of nitriles is 2. The molecule has 1 heterocycles. The van der Waals surface area contributed by atoms with Gasteiger partial charge in [-0.2, -0.15) is 10.5 Å². The molecule has 3 nitrogen and oxygen atoms in total. The van der Waals surface area contributed by atoms with Crippen LogP contribution in [-0.4, -0.2) is 4.57 Å². The van der Waals surface area contributed by atoms with Crippen LogP contribution in [0.1, 0.15) is 61.9 Å². The van der Waals surface area contributed by atoms with Crippen molar-refractivity contribution in [3.63, 3.8) is 0 Å². The SMILES string of the molecule is Cc1c(C#N)c(C#N)c(-n2c3ccc(-c4ccccc4)cc3c3cc(-c4ccccc4)ccc32)c2c1C(C)(C)CC2(C)C. The van der Waals surface area contributed by atoms with Gasteiger partial charge in [0.1, 0.15) is 12.1 Å². The molecule has 0 aliphatic heterocycles. The van der Waals surface area contributed by atoms with Gasteiger partial charge in [-0.25, -0.2) is 0 Å². The molecule has 0 N–H and O–H groups in total. The molecule has 0 spiro atoms. The molecule has 43 heavy (non-hydrogen) atoms. The van der Waals surface area contributed by atoms with Gasteiger partial charge in [-0.15, -0.1) is 0 Å². The smallest absolute Gasteiger partial charge is 0.103 e. The van der Waals surface area contributed by atoms with Gasteiger partial charge in [0.2, 0.25) is 0 Å². The van der Waals surface area contributed by atoms with Crippen molar-refractivity contribution < 1.29 is 0 Å². The fourth-order valence-corrected chi connectivity index (χ4v) is 8.01. The number of nitrogens with zero attached hydrogens (tertiary/aromatic N) is 3. The van der Waals surface area contributed by atoms with Crippen LogP contribution in [0.5, 0.6) is 0 Å². The number of fused-ring (bicyclic) bond motifs is 4. The minimum atomic E-state index is -0.185. The largest absolute Gasteiger partial charge is 0.308 e. The Morgan fingerprint density at radius 2 is 1.05 bits per heavy atom. The van der Waals surface area contributed by atoms with Crippen molar-refractivity contribution in [2.75, 3.05) is 0 Å². The summed E-state index contributed by atoms with van der Waals surface area (Å²) in [6.07, 6.45) is 0.941. The first kappa shape index (κ1) is 26.8. The molecule has 0 bridgehead atoms. The molecule has 6 aromatic rings. The van der Waals surface area contributed by atoms with Crippen LogP contribution in [0.4, 0.5) is 0 Å². The second-order valence-electron chi connectivity index (χ2n) is 13.2. The Morgan fingerprint density at radius 1 is 0.581 bits per heavy atom. The molecule has 5 aromatic carbocycles. The standard InChI is InChI=1S/C40H33N3/c1-25-32(22-41)33(23-42)38(37-36(25)39(2,3)24-40(37,4)5)43-34-18-16-28(26-12-8-6-9-13-26)20-30(34)31-21-29(17-19-35(31)43)27-14-10-7-11-15-27/h6-21H,24H2,1-5H3. The maximum Gasteiger partial charge on any atom is 0.103 e. The third-order valence-corrected chi connectivity index (χ3v) is 9.39. The van der Waals surface area contributed by atoms with Gasteiger partial charge in [0, 0.05) is 10.8 Å². The summed E-state index contributed by atoms with van der Waals surface area (Å²) in [5.74, 6) is 0. The van der Waals surface area contributed by atoms with Crippen molar-refractivity contribution in [1.29, 1.82) is 10.5 Å². The molecule has 0 saturated heterocycles. The zero-order valence-corrected chi connectivity index (χ0v) is 25.3. The van der Waals surface area contributed by atoms with Crippen LogP contribution in [0, 0.1) is 29.6 Å². The van der Waals surface area contributed by atoms with Crippen molar-refractivity contribution in [2.24, 2.45) is 0 Å². The molecular formula is C40H33N3. The summed E-state index contributed by atoms with van der Waals surface area (Å²) >= 11 is 0. The van der Waals surface area contributed by atoms with Gasteiger partial charge < -0.3 is 4.57 Å². The van der Waals surface area contributed by atoms with Crippen LogP contribution >= 0.6 is 0 Å². The van der Waals surface area contributed by atoms with Crippen LogP contribution in [0.3, 0.4) is 0 Å². The first-order chi connectivity index (χ1) is 20.7. The Morgan fingerprint density at radius 3 is 1.51 bits per heavy atom. The van der Waals surface area contributed by atoms with E-state index in [1.807, 2.05) is 19.1 Å². The number of aromatic nitrogens is 1. The van der Waals surface area contributed by atoms with Crippen molar-refractivity contribution in [2.45, 2.75) is 51.9 Å². The van der Waals surface area contributed by atoms with E-state index >= 15 is 0 Å². The summed E-state index contributed by atoms with van der Waals surface area (Å²) in [4.78, 5) is 0. The van der Waals surface area contributed by atoms with E-state index in [4.69, 9.17) is 0 Å². The van der Waals surface area contributed by atoms with E-state index < -0.39 is 0 Å². The molecule has 0 saturated carbocycles. The number of benzene rings is 5. The fourth-order valence-electron chi connectivity index (χ4n) is 8.01. The van der Waals surface area contributed by atoms with Gasteiger partial charge in [-0.05, 0) is 87.4 Å². The molecular weight excluding hydrogens is 522 g/mol. The average molecular weight is 556 g/mol. The molecule has 3 heteroatoms. The van der Waals surface area contributed by atoms with Crippen LogP contribution in [0.25, 0.3) is 49.7 Å². The summed E-state index contributed by atoms with van der Waals surface area (Å²) < 4.78 is 2.27. The minimum Gasteiger partial charge on any atom is -0.308 e. The second kappa shape index (κ2) is 9.45. The van der Waals surface area contributed by atoms with E-state index in [0.717, 1.165) is 61.7 Å². The zero-order chi connectivity index (χ0) is 30.1. The molecule has 0 unspecified atom stereocenters. The lowest BCUT2D eigenvalue weighted by Gasteiger charge is -2.26. The maximum absolute atomic E-state index is 10.7. The Hall–Kier alpha value is -5.12. The fraction of sp³-hybridized carbons (Fsp3) is 0.200. The van der Waals surface area contributed by atoms with Gasteiger partial charge >= 0.3 is 0 Å². The summed E-state index contributed by atoms with van der Waals surface area (Å²) in [5.41, 5.74) is 11.5. The van der Waals surface area contributed by atoms with Crippen molar-refractivity contribution >= 4 is 21.8 Å². The Labute approximate surface area is 253 Å². The highest BCUT2D eigenvalue weighted by Gasteiger charge is 2.47. The maximum atomic E-state index is 10.7. The Kier molecular flexibility index (Phi) is 5.88. The highest BCUT2D eigenvalue weighted by Crippen LogP contribution is 2.55. The summed E-state index contributed by atoms with van der Waals surface area (Å²) in [6.45, 7) is 11.1. The van der Waals surface area contributed by atoms with E-state index in [1.165, 1.54) is 11.1 Å². The number of hydrogen-bond acceptors (Lipinski definition) is 2. The van der Waals surface area contributed by atoms with Crippen molar-refractivity contribution in [3.05, 3.63) is 125 Å². The predicted molar refractivity (Wildman–Crippen MR) is 176 cm³/mol. The van der Waals surface area contributed by atoms with Crippen LogP contribution < -0.4 is 0 Å². The van der Waals surface area contributed by atoms with Crippen molar-refractivity contribution in [1.82, 2.24) is 4.57 Å². The quantitative estimate of drug-likeness (QED) is 0.218. The summed E-state index contributed by atoms with van der Waals surface area (Å²) in [7, 11) is 0. The zero-order valence-electron chi connectivity index (χ0n) is 25.3. The van der Waals surface area contributed by atoms with Gasteiger partial charge in [0.15, 0.2) is 0 Å². The lowest BCUT2D eigenvalue weighted by molar-refractivity contribution is 0.402. The minimum absolute atomic E-state index is 0.128. The highest BCUT2D eigenvalue weighted by molar-refractivity contribution is 6.12. The van der Waals surface area contributed by atoms with Gasteiger partial charge in [-0.3, -0.25) is 0 Å². The topological polar surface area (TPSA) is 52.5 Å². The third-order valence-electron chi connectivity index (χ3n) is 9.39. The van der Waals surface area contributed by atoms with Gasteiger partial charge in [-0.1, -0.05) is 100 Å². The molecule has 1 aliphatic rings. The Bertz CT molecular complexity index is 2070. The predicted octanol–water partition coefficient (Wildman–Crippen LogP) is 10.1. The first-order valence-electron chi connectivity index (χ1n) is 14.9. The molecule has 0 fully saturated rings. The highest BCUT2D eigenvalue weighted by atomic mass is 15.0. The molecule has 1 aliphatic carbocycles. The lowest BCUT2D eigenvalue weighted by atomic mass is 9.81. The molecule has 0 atom stereocenters. The molecule has 0 radical (unpaired) electrons. The van der Waals surface area contributed by atoms with Crippen LogP contribution in [0.15, 0.2) is 97.1 Å². The molecule has 7 rings (SSSR count). The average Bonchev–Trinajstić information content (AvgIpc) is 3.43. The monoisotopic (exact) mass is 555 g/mol. The lowest BCUT2D eigenvalue weighted by Crippen LogP contribution is -2.19. The van der Waals surface area contributed by atoms with Crippen molar-refractivity contribution in [3.8, 4) is 40.1 Å². The van der Waals surface area contributed by atoms with Gasteiger partial charge in [0.05, 0.1) is 27.8 Å². The van der Waals surface area contributed by atoms with Crippen LogP contribution in [-0.2, 0) is 10.8 Å². The normalized spacial score (nSPS) is 14.9. The second-order valence-corrected chi connectivity index (χ2v) is 13.2. The number of rotatable bonds is 3. The van der Waals surface area contributed by atoms with E-state index in [0.29, 0.717) is 11.1 Å². The van der Waals surface area contributed by atoms with E-state index in [1.54, 1.807) is 0 Å².